The predicted molar refractivity (Wildman–Crippen MR) is 55.7 cm³/mol. The van der Waals surface area contributed by atoms with Gasteiger partial charge in [0.2, 0.25) is 0 Å². The summed E-state index contributed by atoms with van der Waals surface area (Å²) < 4.78 is 0. The zero-order valence-electron chi connectivity index (χ0n) is 7.63. The molecule has 0 heterocycles. The number of rotatable bonds is 5. The first-order valence-electron chi connectivity index (χ1n) is 4.16. The Morgan fingerprint density at radius 2 is 1.77 bits per heavy atom. The van der Waals surface area contributed by atoms with E-state index in [0.717, 1.165) is 11.8 Å². The van der Waals surface area contributed by atoms with Gasteiger partial charge < -0.3 is 0 Å². The van der Waals surface area contributed by atoms with Gasteiger partial charge in [-0.3, -0.25) is 0 Å². The average Bonchev–Trinajstić information content (AvgIpc) is 2.19. The van der Waals surface area contributed by atoms with Crippen LogP contribution in [-0.4, -0.2) is 13.7 Å². The highest BCUT2D eigenvalue weighted by atomic mass is 79.9. The van der Waals surface area contributed by atoms with Crippen LogP contribution >= 0.6 is 15.9 Å². The third-order valence-corrected chi connectivity index (χ3v) is 2.42. The van der Waals surface area contributed by atoms with Gasteiger partial charge >= 0.3 is 0 Å². The zero-order chi connectivity index (χ0) is 9.52. The molecule has 1 aromatic rings. The Balaban J connectivity index is 2.40. The fraction of sp³-hybridized carbons (Fsp3) is 0.400. The maximum Gasteiger partial charge on any atom is 0.0862 e. The SMILES string of the molecule is COOCCc1ccc(CBr)cc1. The molecule has 0 spiro atoms. The molecule has 0 aliphatic rings. The first kappa shape index (κ1) is 10.7. The summed E-state index contributed by atoms with van der Waals surface area (Å²) in [4.78, 5) is 9.29. The lowest BCUT2D eigenvalue weighted by molar-refractivity contribution is -0.271. The normalized spacial score (nSPS) is 10.3. The van der Waals surface area contributed by atoms with E-state index < -0.39 is 0 Å². The zero-order valence-corrected chi connectivity index (χ0v) is 9.21. The minimum atomic E-state index is 0.601. The molecule has 0 saturated carbocycles. The first-order valence-corrected chi connectivity index (χ1v) is 5.28. The summed E-state index contributed by atoms with van der Waals surface area (Å²) in [6.45, 7) is 0.601. The van der Waals surface area contributed by atoms with E-state index in [9.17, 15) is 0 Å². The molecule has 3 heteroatoms. The van der Waals surface area contributed by atoms with E-state index in [0.29, 0.717) is 6.61 Å². The third-order valence-electron chi connectivity index (χ3n) is 1.77. The van der Waals surface area contributed by atoms with Crippen LogP contribution in [0.1, 0.15) is 11.1 Å². The van der Waals surface area contributed by atoms with E-state index in [4.69, 9.17) is 4.89 Å². The van der Waals surface area contributed by atoms with Gasteiger partial charge in [0, 0.05) is 5.33 Å². The quantitative estimate of drug-likeness (QED) is 0.343. The molecule has 1 rings (SSSR count). The van der Waals surface area contributed by atoms with E-state index in [1.165, 1.54) is 18.2 Å². The van der Waals surface area contributed by atoms with Crippen LogP contribution in [0.25, 0.3) is 0 Å². The second-order valence-electron chi connectivity index (χ2n) is 2.69. The van der Waals surface area contributed by atoms with Gasteiger partial charge in [0.1, 0.15) is 0 Å². The van der Waals surface area contributed by atoms with Crippen molar-refractivity contribution in [3.63, 3.8) is 0 Å². The average molecular weight is 245 g/mol. The van der Waals surface area contributed by atoms with E-state index in [-0.39, 0.29) is 0 Å². The maximum absolute atomic E-state index is 4.78. The molecular weight excluding hydrogens is 232 g/mol. The highest BCUT2D eigenvalue weighted by molar-refractivity contribution is 9.08. The number of hydrogen-bond donors (Lipinski definition) is 0. The minimum Gasteiger partial charge on any atom is -0.240 e. The van der Waals surface area contributed by atoms with Gasteiger partial charge in [-0.2, -0.15) is 0 Å². The van der Waals surface area contributed by atoms with Gasteiger partial charge in [0.25, 0.3) is 0 Å². The van der Waals surface area contributed by atoms with Crippen LogP contribution in [0.5, 0.6) is 0 Å². The van der Waals surface area contributed by atoms with Crippen molar-refractivity contribution < 1.29 is 9.78 Å². The van der Waals surface area contributed by atoms with Crippen LogP contribution in [0.3, 0.4) is 0 Å². The summed E-state index contributed by atoms with van der Waals surface area (Å²) in [6, 6.07) is 8.43. The molecule has 0 saturated heterocycles. The van der Waals surface area contributed by atoms with E-state index >= 15 is 0 Å². The Kier molecular flexibility index (Phi) is 5.05. The lowest BCUT2D eigenvalue weighted by Gasteiger charge is -2.01. The third kappa shape index (κ3) is 3.89. The lowest BCUT2D eigenvalue weighted by Crippen LogP contribution is -1.97. The molecule has 0 atom stereocenters. The maximum atomic E-state index is 4.78. The van der Waals surface area contributed by atoms with Crippen molar-refractivity contribution in [1.29, 1.82) is 0 Å². The van der Waals surface area contributed by atoms with Crippen molar-refractivity contribution in [1.82, 2.24) is 0 Å². The van der Waals surface area contributed by atoms with Crippen molar-refractivity contribution in [3.8, 4) is 0 Å². The summed E-state index contributed by atoms with van der Waals surface area (Å²) in [7, 11) is 1.52. The van der Waals surface area contributed by atoms with Gasteiger partial charge in [-0.15, -0.1) is 0 Å². The molecule has 13 heavy (non-hydrogen) atoms. The summed E-state index contributed by atoms with van der Waals surface area (Å²) in [6.07, 6.45) is 0.885. The molecule has 0 aliphatic heterocycles. The molecule has 0 amide bonds. The Morgan fingerprint density at radius 1 is 1.15 bits per heavy atom. The molecule has 0 N–H and O–H groups in total. The van der Waals surface area contributed by atoms with Gasteiger partial charge in [-0.1, -0.05) is 40.2 Å². The minimum absolute atomic E-state index is 0.601. The molecule has 0 aromatic heterocycles. The number of halogens is 1. The second-order valence-corrected chi connectivity index (χ2v) is 3.25. The topological polar surface area (TPSA) is 18.5 Å². The van der Waals surface area contributed by atoms with Crippen molar-refractivity contribution in [3.05, 3.63) is 35.4 Å². The summed E-state index contributed by atoms with van der Waals surface area (Å²) >= 11 is 3.40. The van der Waals surface area contributed by atoms with E-state index in [2.05, 4.69) is 45.1 Å². The molecule has 1 aromatic carbocycles. The lowest BCUT2D eigenvalue weighted by atomic mass is 10.1. The van der Waals surface area contributed by atoms with Gasteiger partial charge in [0.15, 0.2) is 0 Å². The highest BCUT2D eigenvalue weighted by Crippen LogP contribution is 2.08. The van der Waals surface area contributed by atoms with Crippen LogP contribution < -0.4 is 0 Å². The molecule has 72 valence electrons. The molecule has 0 radical (unpaired) electrons. The van der Waals surface area contributed by atoms with Crippen molar-refractivity contribution in [2.24, 2.45) is 0 Å². The Morgan fingerprint density at radius 3 is 2.31 bits per heavy atom. The van der Waals surface area contributed by atoms with E-state index in [1.54, 1.807) is 0 Å². The van der Waals surface area contributed by atoms with Gasteiger partial charge in [-0.05, 0) is 17.5 Å². The van der Waals surface area contributed by atoms with Gasteiger partial charge in [0.05, 0.1) is 13.7 Å². The Bertz CT molecular complexity index is 233. The smallest absolute Gasteiger partial charge is 0.0862 e. The number of alkyl halides is 1. The number of hydrogen-bond acceptors (Lipinski definition) is 2. The molecule has 0 unspecified atom stereocenters. The summed E-state index contributed by atoms with van der Waals surface area (Å²) in [5, 5.41) is 0.905. The second kappa shape index (κ2) is 6.13. The first-order chi connectivity index (χ1) is 6.36. The monoisotopic (exact) mass is 244 g/mol. The van der Waals surface area contributed by atoms with Crippen molar-refractivity contribution in [2.75, 3.05) is 13.7 Å². The van der Waals surface area contributed by atoms with Crippen molar-refractivity contribution in [2.45, 2.75) is 11.8 Å². The highest BCUT2D eigenvalue weighted by Gasteiger charge is 1.94. The molecular formula is C10H13BrO2. The molecule has 2 nitrogen and oxygen atoms in total. The standard InChI is InChI=1S/C10H13BrO2/c1-12-13-7-6-9-2-4-10(8-11)5-3-9/h2-5H,6-8H2,1H3. The van der Waals surface area contributed by atoms with Gasteiger partial charge in [-0.25, -0.2) is 9.78 Å². The number of benzene rings is 1. The summed E-state index contributed by atoms with van der Waals surface area (Å²) in [5.41, 5.74) is 2.55. The van der Waals surface area contributed by atoms with Crippen LogP contribution in [-0.2, 0) is 21.5 Å². The fourth-order valence-corrected chi connectivity index (χ4v) is 1.41. The summed E-state index contributed by atoms with van der Waals surface area (Å²) in [5.74, 6) is 0. The van der Waals surface area contributed by atoms with Crippen molar-refractivity contribution >= 4 is 15.9 Å². The molecule has 0 aliphatic carbocycles. The molecule has 0 bridgehead atoms. The Hall–Kier alpha value is -0.380. The van der Waals surface area contributed by atoms with Crippen LogP contribution in [0.15, 0.2) is 24.3 Å². The van der Waals surface area contributed by atoms with Crippen LogP contribution in [0, 0.1) is 0 Å². The Labute approximate surface area is 86.9 Å². The van der Waals surface area contributed by atoms with Crippen LogP contribution in [0.4, 0.5) is 0 Å². The van der Waals surface area contributed by atoms with Crippen LogP contribution in [0.2, 0.25) is 0 Å². The van der Waals surface area contributed by atoms with E-state index in [1.807, 2.05) is 0 Å². The largest absolute Gasteiger partial charge is 0.240 e. The molecule has 0 fully saturated rings. The predicted octanol–water partition coefficient (Wildman–Crippen LogP) is 2.70. The fourth-order valence-electron chi connectivity index (χ4n) is 1.04.